The number of nitrogens with zero attached hydrogens (tertiary/aromatic N) is 3. The zero-order chi connectivity index (χ0) is 25.5. The highest BCUT2D eigenvalue weighted by molar-refractivity contribution is 6.00. The predicted octanol–water partition coefficient (Wildman–Crippen LogP) is 4.73. The van der Waals surface area contributed by atoms with Gasteiger partial charge in [0.1, 0.15) is 11.4 Å². The molecule has 3 aromatic rings. The maximum atomic E-state index is 13.3. The number of fused-ring (bicyclic) bond motifs is 1. The first-order valence-electron chi connectivity index (χ1n) is 11.1. The summed E-state index contributed by atoms with van der Waals surface area (Å²) < 4.78 is 41.6. The van der Waals surface area contributed by atoms with Crippen molar-refractivity contribution in [3.05, 3.63) is 81.5 Å². The molecule has 2 N–H and O–H groups in total. The Kier molecular flexibility index (Phi) is 6.31. The molecule has 1 amide bonds. The fourth-order valence-corrected chi connectivity index (χ4v) is 4.39. The first-order valence-corrected chi connectivity index (χ1v) is 11.1. The first-order chi connectivity index (χ1) is 16.4. The van der Waals surface area contributed by atoms with Gasteiger partial charge in [-0.1, -0.05) is 23.8 Å². The highest BCUT2D eigenvalue weighted by Crippen LogP contribution is 2.33. The summed E-state index contributed by atoms with van der Waals surface area (Å²) in [6.07, 6.45) is -4.44. The van der Waals surface area contributed by atoms with Crippen molar-refractivity contribution < 1.29 is 27.9 Å². The lowest BCUT2D eigenvalue weighted by atomic mass is 10.0. The zero-order valence-corrected chi connectivity index (χ0v) is 19.5. The van der Waals surface area contributed by atoms with Crippen molar-refractivity contribution in [1.82, 2.24) is 15.1 Å². The molecule has 0 aliphatic carbocycles. The number of aryl methyl sites for hydroxylation is 2. The average molecular weight is 486 g/mol. The van der Waals surface area contributed by atoms with E-state index >= 15 is 0 Å². The number of carbonyl (C=O) groups excluding carboxylic acids is 1. The number of hydrogen-bond donors (Lipinski definition) is 2. The second-order valence-electron chi connectivity index (χ2n) is 8.76. The Morgan fingerprint density at radius 2 is 1.80 bits per heavy atom. The molecule has 0 fully saturated rings. The summed E-state index contributed by atoms with van der Waals surface area (Å²) in [4.78, 5) is 26.2. The van der Waals surface area contributed by atoms with Gasteiger partial charge in [0.2, 0.25) is 0 Å². The lowest BCUT2D eigenvalue weighted by Gasteiger charge is -2.21. The number of benzene rings is 2. The van der Waals surface area contributed by atoms with Gasteiger partial charge in [-0.05, 0) is 56.2 Å². The van der Waals surface area contributed by atoms with Crippen molar-refractivity contribution in [3.63, 3.8) is 0 Å². The van der Waals surface area contributed by atoms with Gasteiger partial charge in [-0.3, -0.25) is 4.79 Å². The number of aromatic carboxylic acids is 1. The number of halogens is 3. The molecular formula is C25H25F3N4O3. The number of carbonyl (C=O) groups is 2. The van der Waals surface area contributed by atoms with Crippen LogP contribution in [0.25, 0.3) is 0 Å². The molecule has 1 atom stereocenters. The number of aromatic nitrogens is 2. The largest absolute Gasteiger partial charge is 0.478 e. The molecule has 0 spiro atoms. The average Bonchev–Trinajstić information content (AvgIpc) is 3.30. The van der Waals surface area contributed by atoms with Gasteiger partial charge in [-0.2, -0.15) is 18.3 Å². The van der Waals surface area contributed by atoms with Crippen molar-refractivity contribution in [2.45, 2.75) is 46.1 Å². The third kappa shape index (κ3) is 5.01. The van der Waals surface area contributed by atoms with Gasteiger partial charge < -0.3 is 15.3 Å². The lowest BCUT2D eigenvalue weighted by molar-refractivity contribution is -0.137. The first kappa shape index (κ1) is 24.3. The van der Waals surface area contributed by atoms with Gasteiger partial charge >= 0.3 is 12.1 Å². The van der Waals surface area contributed by atoms with Gasteiger partial charge in [0.15, 0.2) is 0 Å². The van der Waals surface area contributed by atoms with Gasteiger partial charge in [0, 0.05) is 13.1 Å². The summed E-state index contributed by atoms with van der Waals surface area (Å²) >= 11 is 0. The van der Waals surface area contributed by atoms with Crippen LogP contribution in [0.3, 0.4) is 0 Å². The molecule has 0 bridgehead atoms. The number of rotatable bonds is 6. The SMILES string of the molecule is Cc1cc(CN2CCn3nc(C)c(C(=O)N[C@@H](C)c4ccc(C(=O)O)cc4)c32)cc(C(F)(F)F)c1. The van der Waals surface area contributed by atoms with Crippen molar-refractivity contribution in [2.24, 2.45) is 0 Å². The van der Waals surface area contributed by atoms with Crippen LogP contribution in [0.15, 0.2) is 42.5 Å². The Morgan fingerprint density at radius 3 is 2.43 bits per heavy atom. The number of carboxylic acid groups (broad SMARTS) is 1. The van der Waals surface area contributed by atoms with E-state index in [4.69, 9.17) is 5.11 Å². The summed E-state index contributed by atoms with van der Waals surface area (Å²) in [5.41, 5.74) is 2.11. The fraction of sp³-hybridized carbons (Fsp3) is 0.320. The lowest BCUT2D eigenvalue weighted by Crippen LogP contribution is -2.29. The molecule has 0 unspecified atom stereocenters. The summed E-state index contributed by atoms with van der Waals surface area (Å²) in [6.45, 7) is 6.38. The van der Waals surface area contributed by atoms with Gasteiger partial charge in [-0.25, -0.2) is 9.48 Å². The Labute approximate surface area is 200 Å². The van der Waals surface area contributed by atoms with Crippen LogP contribution in [-0.4, -0.2) is 33.3 Å². The molecule has 1 aromatic heterocycles. The van der Waals surface area contributed by atoms with Crippen LogP contribution in [0.2, 0.25) is 0 Å². The van der Waals surface area contributed by atoms with Crippen LogP contribution >= 0.6 is 0 Å². The van der Waals surface area contributed by atoms with Crippen molar-refractivity contribution in [1.29, 1.82) is 0 Å². The van der Waals surface area contributed by atoms with Gasteiger partial charge in [-0.15, -0.1) is 0 Å². The third-order valence-electron chi connectivity index (χ3n) is 6.05. The summed E-state index contributed by atoms with van der Waals surface area (Å²) in [6, 6.07) is 9.80. The van der Waals surface area contributed by atoms with E-state index < -0.39 is 23.8 Å². The predicted molar refractivity (Wildman–Crippen MR) is 123 cm³/mol. The maximum Gasteiger partial charge on any atom is 0.416 e. The molecule has 4 rings (SSSR count). The Bertz CT molecular complexity index is 1280. The molecule has 0 saturated carbocycles. The molecule has 10 heteroatoms. The summed E-state index contributed by atoms with van der Waals surface area (Å²) in [5.74, 6) is -0.815. The molecule has 184 valence electrons. The number of alkyl halides is 3. The van der Waals surface area contributed by atoms with Crippen LogP contribution < -0.4 is 10.2 Å². The number of amides is 1. The van der Waals surface area contributed by atoms with Crippen LogP contribution in [0, 0.1) is 13.8 Å². The topological polar surface area (TPSA) is 87.5 Å². The van der Waals surface area contributed by atoms with Crippen molar-refractivity contribution >= 4 is 17.7 Å². The van der Waals surface area contributed by atoms with Crippen molar-refractivity contribution in [3.8, 4) is 0 Å². The van der Waals surface area contributed by atoms with E-state index in [1.165, 1.54) is 12.1 Å². The van der Waals surface area contributed by atoms with E-state index in [9.17, 15) is 22.8 Å². The monoisotopic (exact) mass is 486 g/mol. The smallest absolute Gasteiger partial charge is 0.416 e. The van der Waals surface area contributed by atoms with E-state index in [1.54, 1.807) is 43.7 Å². The zero-order valence-electron chi connectivity index (χ0n) is 19.5. The molecule has 0 radical (unpaired) electrons. The van der Waals surface area contributed by atoms with Gasteiger partial charge in [0.25, 0.3) is 5.91 Å². The standard InChI is InChI=1S/C25H25F3N4O3/c1-14-10-17(12-20(11-14)25(26,27)28)13-31-8-9-32-23(31)21(16(3)30-32)22(33)29-15(2)18-4-6-19(7-5-18)24(34)35/h4-7,10-12,15H,8-9,13H2,1-3H3,(H,29,33)(H,34,35)/t15-/m0/s1. The Morgan fingerprint density at radius 1 is 1.11 bits per heavy atom. The molecule has 35 heavy (non-hydrogen) atoms. The van der Waals surface area contributed by atoms with E-state index in [2.05, 4.69) is 10.4 Å². The Balaban J connectivity index is 1.57. The minimum Gasteiger partial charge on any atom is -0.478 e. The Hall–Kier alpha value is -3.82. The molecular weight excluding hydrogens is 461 g/mol. The summed E-state index contributed by atoms with van der Waals surface area (Å²) in [5, 5.41) is 16.4. The van der Waals surface area contributed by atoms with Crippen LogP contribution in [0.1, 0.15) is 61.6 Å². The number of nitrogens with one attached hydrogen (secondary N) is 1. The van der Waals surface area contributed by atoms with E-state index in [1.807, 2.05) is 4.90 Å². The second-order valence-corrected chi connectivity index (χ2v) is 8.76. The normalized spacial score (nSPS) is 14.1. The van der Waals surface area contributed by atoms with Crippen LogP contribution in [0.5, 0.6) is 0 Å². The highest BCUT2D eigenvalue weighted by atomic mass is 19.4. The van der Waals surface area contributed by atoms with E-state index in [-0.39, 0.29) is 18.0 Å². The van der Waals surface area contributed by atoms with E-state index in [0.29, 0.717) is 41.3 Å². The fourth-order valence-electron chi connectivity index (χ4n) is 4.39. The van der Waals surface area contributed by atoms with Crippen LogP contribution in [-0.2, 0) is 19.3 Å². The van der Waals surface area contributed by atoms with Gasteiger partial charge in [0.05, 0.1) is 29.4 Å². The molecule has 1 aliphatic heterocycles. The van der Waals surface area contributed by atoms with Crippen molar-refractivity contribution in [2.75, 3.05) is 11.4 Å². The third-order valence-corrected chi connectivity index (χ3v) is 6.05. The number of anilines is 1. The molecule has 1 aliphatic rings. The minimum atomic E-state index is -4.44. The number of hydrogen-bond acceptors (Lipinski definition) is 4. The van der Waals surface area contributed by atoms with E-state index in [0.717, 1.165) is 17.7 Å². The second kappa shape index (κ2) is 9.09. The molecule has 2 heterocycles. The molecule has 7 nitrogen and oxygen atoms in total. The minimum absolute atomic E-state index is 0.151. The summed E-state index contributed by atoms with van der Waals surface area (Å²) in [7, 11) is 0. The highest BCUT2D eigenvalue weighted by Gasteiger charge is 2.33. The molecule has 0 saturated heterocycles. The molecule has 2 aromatic carbocycles. The maximum absolute atomic E-state index is 13.3. The quantitative estimate of drug-likeness (QED) is 0.526. The van der Waals surface area contributed by atoms with Crippen LogP contribution in [0.4, 0.5) is 19.0 Å². The number of carboxylic acids is 1.